The van der Waals surface area contributed by atoms with Crippen LogP contribution in [-0.4, -0.2) is 18.1 Å². The van der Waals surface area contributed by atoms with Gasteiger partial charge in [-0.2, -0.15) is 0 Å². The standard InChI is InChI=1S/C14H17N3OS/c1-10(15)12-9-19-14(16-12)17-6-7-18-13-5-3-2-4-11(13)8-17/h2-5,9-10H,6-8,15H2,1H3. The highest BCUT2D eigenvalue weighted by molar-refractivity contribution is 7.13. The van der Waals surface area contributed by atoms with Gasteiger partial charge in [-0.15, -0.1) is 11.3 Å². The van der Waals surface area contributed by atoms with E-state index < -0.39 is 0 Å². The lowest BCUT2D eigenvalue weighted by Crippen LogP contribution is -2.25. The SMILES string of the molecule is CC(N)c1csc(N2CCOc3ccccc3C2)n1. The Morgan fingerprint density at radius 1 is 1.42 bits per heavy atom. The van der Waals surface area contributed by atoms with E-state index in [0.717, 1.165) is 29.7 Å². The fourth-order valence-corrected chi connectivity index (χ4v) is 3.08. The summed E-state index contributed by atoms with van der Waals surface area (Å²) in [6.07, 6.45) is 0. The molecule has 0 radical (unpaired) electrons. The third-order valence-corrected chi connectivity index (χ3v) is 4.12. The molecular formula is C14H17N3OS. The average molecular weight is 275 g/mol. The molecule has 1 aromatic carbocycles. The highest BCUT2D eigenvalue weighted by Crippen LogP contribution is 2.29. The fraction of sp³-hybridized carbons (Fsp3) is 0.357. The number of rotatable bonds is 2. The van der Waals surface area contributed by atoms with Crippen molar-refractivity contribution in [3.63, 3.8) is 0 Å². The Labute approximate surface area is 116 Å². The van der Waals surface area contributed by atoms with Crippen LogP contribution in [0.3, 0.4) is 0 Å². The highest BCUT2D eigenvalue weighted by atomic mass is 32.1. The number of hydrogen-bond donors (Lipinski definition) is 1. The van der Waals surface area contributed by atoms with Crippen molar-refractivity contribution in [2.75, 3.05) is 18.1 Å². The van der Waals surface area contributed by atoms with Gasteiger partial charge in [0.15, 0.2) is 5.13 Å². The Bertz CT molecular complexity index is 567. The molecule has 0 spiro atoms. The summed E-state index contributed by atoms with van der Waals surface area (Å²) < 4.78 is 5.76. The van der Waals surface area contributed by atoms with Gasteiger partial charge in [0, 0.05) is 23.5 Å². The molecule has 0 saturated heterocycles. The predicted molar refractivity (Wildman–Crippen MR) is 77.7 cm³/mol. The van der Waals surface area contributed by atoms with Crippen molar-refractivity contribution in [1.82, 2.24) is 4.98 Å². The third-order valence-electron chi connectivity index (χ3n) is 3.20. The van der Waals surface area contributed by atoms with Crippen LogP contribution in [0.4, 0.5) is 5.13 Å². The zero-order valence-electron chi connectivity index (χ0n) is 10.9. The number of anilines is 1. The van der Waals surface area contributed by atoms with E-state index in [2.05, 4.69) is 16.0 Å². The molecule has 0 bridgehead atoms. The van der Waals surface area contributed by atoms with E-state index in [4.69, 9.17) is 10.5 Å². The molecular weight excluding hydrogens is 258 g/mol. The van der Waals surface area contributed by atoms with Crippen molar-refractivity contribution < 1.29 is 4.74 Å². The second kappa shape index (κ2) is 5.19. The Kier molecular flexibility index (Phi) is 3.40. The third kappa shape index (κ3) is 2.57. The minimum Gasteiger partial charge on any atom is -0.491 e. The van der Waals surface area contributed by atoms with E-state index in [1.165, 1.54) is 5.56 Å². The summed E-state index contributed by atoms with van der Waals surface area (Å²) in [5, 5.41) is 3.06. The maximum atomic E-state index is 5.86. The van der Waals surface area contributed by atoms with Crippen molar-refractivity contribution in [1.29, 1.82) is 0 Å². The molecule has 1 aliphatic heterocycles. The topological polar surface area (TPSA) is 51.4 Å². The minimum atomic E-state index is -0.0134. The van der Waals surface area contributed by atoms with Gasteiger partial charge < -0.3 is 15.4 Å². The van der Waals surface area contributed by atoms with E-state index in [1.807, 2.05) is 30.5 Å². The lowest BCUT2D eigenvalue weighted by molar-refractivity contribution is 0.331. The molecule has 1 unspecified atom stereocenters. The smallest absolute Gasteiger partial charge is 0.185 e. The molecule has 0 saturated carbocycles. The second-order valence-electron chi connectivity index (χ2n) is 4.72. The summed E-state index contributed by atoms with van der Waals surface area (Å²) in [7, 11) is 0. The molecule has 2 heterocycles. The first-order valence-electron chi connectivity index (χ1n) is 6.40. The van der Waals surface area contributed by atoms with Crippen molar-refractivity contribution in [2.24, 2.45) is 5.73 Å². The molecule has 0 fully saturated rings. The maximum Gasteiger partial charge on any atom is 0.185 e. The van der Waals surface area contributed by atoms with Crippen LogP contribution in [0, 0.1) is 0 Å². The molecule has 4 nitrogen and oxygen atoms in total. The molecule has 0 amide bonds. The first-order chi connectivity index (χ1) is 9.24. The summed E-state index contributed by atoms with van der Waals surface area (Å²) in [5.74, 6) is 0.981. The summed E-state index contributed by atoms with van der Waals surface area (Å²) in [6, 6.07) is 8.16. The Balaban J connectivity index is 1.85. The number of ether oxygens (including phenoxy) is 1. The quantitative estimate of drug-likeness (QED) is 0.915. The van der Waals surface area contributed by atoms with E-state index in [0.29, 0.717) is 6.61 Å². The van der Waals surface area contributed by atoms with Crippen LogP contribution in [0.15, 0.2) is 29.6 Å². The summed E-state index contributed by atoms with van der Waals surface area (Å²) in [5.41, 5.74) is 8.03. The van der Waals surface area contributed by atoms with Crippen LogP contribution in [0.1, 0.15) is 24.2 Å². The largest absolute Gasteiger partial charge is 0.491 e. The molecule has 3 rings (SSSR count). The molecule has 1 aliphatic rings. The highest BCUT2D eigenvalue weighted by Gasteiger charge is 2.18. The molecule has 1 atom stereocenters. The number of benzene rings is 1. The average Bonchev–Trinajstić information content (AvgIpc) is 2.80. The normalized spacial score (nSPS) is 16.4. The van der Waals surface area contributed by atoms with Crippen LogP contribution >= 0.6 is 11.3 Å². The van der Waals surface area contributed by atoms with Crippen molar-refractivity contribution >= 4 is 16.5 Å². The summed E-state index contributed by atoms with van der Waals surface area (Å²) in [6.45, 7) is 4.33. The van der Waals surface area contributed by atoms with Gasteiger partial charge in [-0.25, -0.2) is 4.98 Å². The number of para-hydroxylation sites is 1. The predicted octanol–water partition coefficient (Wildman–Crippen LogP) is 2.56. The molecule has 2 aromatic rings. The van der Waals surface area contributed by atoms with Gasteiger partial charge in [0.2, 0.25) is 0 Å². The van der Waals surface area contributed by atoms with Gasteiger partial charge in [0.05, 0.1) is 12.2 Å². The zero-order valence-corrected chi connectivity index (χ0v) is 11.7. The number of hydrogen-bond acceptors (Lipinski definition) is 5. The van der Waals surface area contributed by atoms with Crippen LogP contribution in [-0.2, 0) is 6.54 Å². The molecule has 5 heteroatoms. The van der Waals surface area contributed by atoms with Gasteiger partial charge in [0.1, 0.15) is 12.4 Å². The number of nitrogens with two attached hydrogens (primary N) is 1. The number of thiazole rings is 1. The van der Waals surface area contributed by atoms with Gasteiger partial charge >= 0.3 is 0 Å². The number of nitrogens with zero attached hydrogens (tertiary/aromatic N) is 2. The zero-order chi connectivity index (χ0) is 13.2. The molecule has 100 valence electrons. The van der Waals surface area contributed by atoms with Crippen LogP contribution < -0.4 is 15.4 Å². The Hall–Kier alpha value is -1.59. The molecule has 0 aliphatic carbocycles. The Morgan fingerprint density at radius 3 is 3.05 bits per heavy atom. The summed E-state index contributed by atoms with van der Waals surface area (Å²) in [4.78, 5) is 6.86. The fourth-order valence-electron chi connectivity index (χ4n) is 2.12. The first-order valence-corrected chi connectivity index (χ1v) is 7.28. The van der Waals surface area contributed by atoms with E-state index in [-0.39, 0.29) is 6.04 Å². The first kappa shape index (κ1) is 12.4. The number of aromatic nitrogens is 1. The number of fused-ring (bicyclic) bond motifs is 1. The minimum absolute atomic E-state index is 0.0134. The van der Waals surface area contributed by atoms with E-state index in [1.54, 1.807) is 11.3 Å². The lowest BCUT2D eigenvalue weighted by atomic mass is 10.2. The Morgan fingerprint density at radius 2 is 2.26 bits per heavy atom. The molecule has 19 heavy (non-hydrogen) atoms. The van der Waals surface area contributed by atoms with Crippen LogP contribution in [0.25, 0.3) is 0 Å². The van der Waals surface area contributed by atoms with Gasteiger partial charge in [0.25, 0.3) is 0 Å². The monoisotopic (exact) mass is 275 g/mol. The van der Waals surface area contributed by atoms with Crippen molar-refractivity contribution in [2.45, 2.75) is 19.5 Å². The van der Waals surface area contributed by atoms with Crippen LogP contribution in [0.5, 0.6) is 5.75 Å². The van der Waals surface area contributed by atoms with Crippen LogP contribution in [0.2, 0.25) is 0 Å². The molecule has 1 aromatic heterocycles. The second-order valence-corrected chi connectivity index (χ2v) is 5.56. The van der Waals surface area contributed by atoms with E-state index >= 15 is 0 Å². The van der Waals surface area contributed by atoms with E-state index in [9.17, 15) is 0 Å². The van der Waals surface area contributed by atoms with Gasteiger partial charge in [-0.1, -0.05) is 18.2 Å². The summed E-state index contributed by atoms with van der Waals surface area (Å²) >= 11 is 1.65. The van der Waals surface area contributed by atoms with Gasteiger partial charge in [-0.05, 0) is 13.0 Å². The van der Waals surface area contributed by atoms with Gasteiger partial charge in [-0.3, -0.25) is 0 Å². The molecule has 2 N–H and O–H groups in total. The van der Waals surface area contributed by atoms with Crippen molar-refractivity contribution in [3.05, 3.63) is 40.9 Å². The lowest BCUT2D eigenvalue weighted by Gasteiger charge is -2.18. The van der Waals surface area contributed by atoms with Crippen molar-refractivity contribution in [3.8, 4) is 5.75 Å². The maximum absolute atomic E-state index is 5.86.